The van der Waals surface area contributed by atoms with Crippen molar-refractivity contribution in [3.05, 3.63) is 39.8 Å². The zero-order valence-electron chi connectivity index (χ0n) is 10.7. The Kier molecular flexibility index (Phi) is 3.81. The summed E-state index contributed by atoms with van der Waals surface area (Å²) in [4.78, 5) is 13.1. The summed E-state index contributed by atoms with van der Waals surface area (Å²) < 4.78 is 0. The molecule has 0 fully saturated rings. The van der Waals surface area contributed by atoms with Crippen molar-refractivity contribution < 1.29 is 4.79 Å². The molecule has 0 bridgehead atoms. The van der Waals surface area contributed by atoms with Crippen molar-refractivity contribution in [2.45, 2.75) is 32.7 Å². The van der Waals surface area contributed by atoms with Gasteiger partial charge in [0.2, 0.25) is 0 Å². The highest BCUT2D eigenvalue weighted by atomic mass is 32.1. The number of amides is 1. The monoisotopic (exact) mass is 263 g/mol. The van der Waals surface area contributed by atoms with Crippen molar-refractivity contribution in [3.63, 3.8) is 0 Å². The Morgan fingerprint density at radius 2 is 2.22 bits per heavy atom. The Morgan fingerprint density at radius 1 is 1.44 bits per heavy atom. The summed E-state index contributed by atoms with van der Waals surface area (Å²) in [6.45, 7) is 6.09. The van der Waals surface area contributed by atoms with Gasteiger partial charge in [-0.05, 0) is 30.4 Å². The van der Waals surface area contributed by atoms with Gasteiger partial charge >= 0.3 is 0 Å². The summed E-state index contributed by atoms with van der Waals surface area (Å²) in [6.07, 6.45) is 0. The molecule has 0 radical (unpaired) electrons. The number of aromatic amines is 1. The summed E-state index contributed by atoms with van der Waals surface area (Å²) in [5, 5.41) is 11.9. The number of thiophene rings is 1. The normalized spacial score (nSPS) is 12.7. The van der Waals surface area contributed by atoms with Crippen LogP contribution in [-0.2, 0) is 0 Å². The van der Waals surface area contributed by atoms with Crippen molar-refractivity contribution in [1.29, 1.82) is 0 Å². The minimum absolute atomic E-state index is 0.0108. The third kappa shape index (κ3) is 2.79. The smallest absolute Gasteiger partial charge is 0.272 e. The number of hydrogen-bond acceptors (Lipinski definition) is 3. The van der Waals surface area contributed by atoms with Crippen molar-refractivity contribution in [2.75, 3.05) is 0 Å². The first kappa shape index (κ1) is 12.8. The van der Waals surface area contributed by atoms with E-state index in [0.29, 0.717) is 11.6 Å². The summed E-state index contributed by atoms with van der Waals surface area (Å²) in [5.41, 5.74) is 1.42. The van der Waals surface area contributed by atoms with Crippen molar-refractivity contribution in [2.24, 2.45) is 0 Å². The molecule has 0 aromatic carbocycles. The molecule has 5 heteroatoms. The number of aromatic nitrogens is 2. The van der Waals surface area contributed by atoms with Crippen LogP contribution in [0, 0.1) is 0 Å². The SMILES string of the molecule is CC(C)c1cc(C(=O)N[C@H](C)c2cccs2)n[nH]1. The molecule has 0 aliphatic rings. The topological polar surface area (TPSA) is 57.8 Å². The van der Waals surface area contributed by atoms with E-state index in [4.69, 9.17) is 0 Å². The largest absolute Gasteiger partial charge is 0.343 e. The molecule has 18 heavy (non-hydrogen) atoms. The molecule has 1 amide bonds. The molecular formula is C13H17N3OS. The van der Waals surface area contributed by atoms with Crippen molar-refractivity contribution in [1.82, 2.24) is 15.5 Å². The first-order chi connectivity index (χ1) is 8.58. The molecule has 2 N–H and O–H groups in total. The van der Waals surface area contributed by atoms with Gasteiger partial charge in [-0.15, -0.1) is 11.3 Å². The summed E-state index contributed by atoms with van der Waals surface area (Å²) in [7, 11) is 0. The van der Waals surface area contributed by atoms with Gasteiger partial charge < -0.3 is 5.32 Å². The number of hydrogen-bond donors (Lipinski definition) is 2. The predicted molar refractivity (Wildman–Crippen MR) is 72.9 cm³/mol. The number of nitrogens with one attached hydrogen (secondary N) is 2. The van der Waals surface area contributed by atoms with Gasteiger partial charge in [0.15, 0.2) is 0 Å². The fraction of sp³-hybridized carbons (Fsp3) is 0.385. The molecule has 4 nitrogen and oxygen atoms in total. The van der Waals surface area contributed by atoms with Gasteiger partial charge in [0.25, 0.3) is 5.91 Å². The van der Waals surface area contributed by atoms with E-state index < -0.39 is 0 Å². The van der Waals surface area contributed by atoms with Crippen LogP contribution in [0.4, 0.5) is 0 Å². The Bertz CT molecular complexity index is 516. The van der Waals surface area contributed by atoms with Crippen LogP contribution in [-0.4, -0.2) is 16.1 Å². The van der Waals surface area contributed by atoms with Gasteiger partial charge in [-0.25, -0.2) is 0 Å². The van der Waals surface area contributed by atoms with Gasteiger partial charge in [0.1, 0.15) is 5.69 Å². The van der Waals surface area contributed by atoms with Gasteiger partial charge in [-0.2, -0.15) is 5.10 Å². The minimum atomic E-state index is -0.140. The van der Waals surface area contributed by atoms with E-state index in [-0.39, 0.29) is 11.9 Å². The van der Waals surface area contributed by atoms with E-state index in [9.17, 15) is 4.79 Å². The molecule has 1 atom stereocenters. The number of carbonyl (C=O) groups excluding carboxylic acids is 1. The minimum Gasteiger partial charge on any atom is -0.343 e. The van der Waals surface area contributed by atoms with Crippen LogP contribution in [0.1, 0.15) is 53.8 Å². The quantitative estimate of drug-likeness (QED) is 0.890. The van der Waals surface area contributed by atoms with Crippen molar-refractivity contribution in [3.8, 4) is 0 Å². The summed E-state index contributed by atoms with van der Waals surface area (Å²) in [6, 6.07) is 5.81. The van der Waals surface area contributed by atoms with E-state index in [1.807, 2.05) is 24.4 Å². The number of nitrogens with zero attached hydrogens (tertiary/aromatic N) is 1. The second-order valence-corrected chi connectivity index (χ2v) is 5.55. The fourth-order valence-corrected chi connectivity index (χ4v) is 2.36. The van der Waals surface area contributed by atoms with Gasteiger partial charge in [-0.1, -0.05) is 19.9 Å². The number of rotatable bonds is 4. The lowest BCUT2D eigenvalue weighted by atomic mass is 10.1. The zero-order chi connectivity index (χ0) is 13.1. The average molecular weight is 263 g/mol. The molecule has 0 saturated carbocycles. The molecule has 2 rings (SSSR count). The summed E-state index contributed by atoms with van der Waals surface area (Å²) in [5.74, 6) is 0.202. The molecule has 0 unspecified atom stereocenters. The van der Waals surface area contributed by atoms with Gasteiger partial charge in [0, 0.05) is 10.6 Å². The first-order valence-corrected chi connectivity index (χ1v) is 6.85. The van der Waals surface area contributed by atoms with Crippen LogP contribution in [0.15, 0.2) is 23.6 Å². The van der Waals surface area contributed by atoms with Crippen LogP contribution in [0.3, 0.4) is 0 Å². The highest BCUT2D eigenvalue weighted by molar-refractivity contribution is 7.10. The van der Waals surface area contributed by atoms with E-state index in [1.165, 1.54) is 0 Å². The van der Waals surface area contributed by atoms with E-state index in [2.05, 4.69) is 29.4 Å². The third-order valence-corrected chi connectivity index (χ3v) is 3.82. The molecule has 96 valence electrons. The van der Waals surface area contributed by atoms with Crippen LogP contribution >= 0.6 is 11.3 Å². The summed E-state index contributed by atoms with van der Waals surface area (Å²) >= 11 is 1.64. The third-order valence-electron chi connectivity index (χ3n) is 2.77. The molecule has 2 heterocycles. The average Bonchev–Trinajstić information content (AvgIpc) is 3.00. The van der Waals surface area contributed by atoms with E-state index in [1.54, 1.807) is 17.4 Å². The molecule has 2 aromatic rings. The first-order valence-electron chi connectivity index (χ1n) is 5.97. The lowest BCUT2D eigenvalue weighted by Gasteiger charge is -2.10. The van der Waals surface area contributed by atoms with Crippen molar-refractivity contribution >= 4 is 17.2 Å². The standard InChI is InChI=1S/C13H17N3OS/c1-8(2)10-7-11(16-15-10)13(17)14-9(3)12-5-4-6-18-12/h4-9H,1-3H3,(H,14,17)(H,15,16)/t9-/m1/s1. The molecule has 0 saturated heterocycles. The van der Waals surface area contributed by atoms with Gasteiger partial charge in [0.05, 0.1) is 6.04 Å². The highest BCUT2D eigenvalue weighted by Crippen LogP contribution is 2.19. The second-order valence-electron chi connectivity index (χ2n) is 4.57. The zero-order valence-corrected chi connectivity index (χ0v) is 11.5. The Morgan fingerprint density at radius 3 is 2.78 bits per heavy atom. The Labute approximate surface area is 110 Å². The second kappa shape index (κ2) is 5.35. The Hall–Kier alpha value is -1.62. The fourth-order valence-electron chi connectivity index (χ4n) is 1.63. The van der Waals surface area contributed by atoms with Crippen LogP contribution in [0.25, 0.3) is 0 Å². The maximum atomic E-state index is 12.0. The number of H-pyrrole nitrogens is 1. The number of carbonyl (C=O) groups is 1. The molecule has 0 aliphatic carbocycles. The maximum absolute atomic E-state index is 12.0. The lowest BCUT2D eigenvalue weighted by Crippen LogP contribution is -2.26. The van der Waals surface area contributed by atoms with Gasteiger partial charge in [-0.3, -0.25) is 9.89 Å². The molecule has 2 aromatic heterocycles. The van der Waals surface area contributed by atoms with Crippen LogP contribution in [0.2, 0.25) is 0 Å². The van der Waals surface area contributed by atoms with Crippen LogP contribution < -0.4 is 5.32 Å². The lowest BCUT2D eigenvalue weighted by molar-refractivity contribution is 0.0935. The van der Waals surface area contributed by atoms with Crippen LogP contribution in [0.5, 0.6) is 0 Å². The molecule has 0 spiro atoms. The van der Waals surface area contributed by atoms with E-state index >= 15 is 0 Å². The highest BCUT2D eigenvalue weighted by Gasteiger charge is 2.15. The molecule has 0 aliphatic heterocycles. The predicted octanol–water partition coefficient (Wildman–Crippen LogP) is 3.09. The molecular weight excluding hydrogens is 246 g/mol. The maximum Gasteiger partial charge on any atom is 0.272 e. The Balaban J connectivity index is 2.03. The van der Waals surface area contributed by atoms with E-state index in [0.717, 1.165) is 10.6 Å².